The van der Waals surface area contributed by atoms with Crippen molar-refractivity contribution in [1.29, 1.82) is 0 Å². The minimum atomic E-state index is -3.93. The van der Waals surface area contributed by atoms with E-state index in [9.17, 15) is 13.2 Å². The summed E-state index contributed by atoms with van der Waals surface area (Å²) in [4.78, 5) is 11.5. The third-order valence-electron chi connectivity index (χ3n) is 4.05. The molecule has 7 heteroatoms. The van der Waals surface area contributed by atoms with Gasteiger partial charge >= 0.3 is 0 Å². The van der Waals surface area contributed by atoms with Crippen molar-refractivity contribution in [3.63, 3.8) is 0 Å². The standard InChI is InChI=1S/C20H18N2O4S/c23-20(22-24)18-8-4-5-9-19(18)27(25,26)21-14-15-10-12-17(13-11-15)16-6-2-1-3-7-16/h1-13,21,24H,14H2,(H,22,23). The summed E-state index contributed by atoms with van der Waals surface area (Å²) in [5.41, 5.74) is 4.22. The van der Waals surface area contributed by atoms with Crippen LogP contribution in [0.4, 0.5) is 0 Å². The van der Waals surface area contributed by atoms with Gasteiger partial charge in [0.05, 0.1) is 10.5 Å². The summed E-state index contributed by atoms with van der Waals surface area (Å²) in [6.07, 6.45) is 0. The number of rotatable bonds is 6. The second-order valence-electron chi connectivity index (χ2n) is 5.82. The highest BCUT2D eigenvalue weighted by atomic mass is 32.2. The molecule has 3 aromatic rings. The van der Waals surface area contributed by atoms with E-state index in [1.807, 2.05) is 54.6 Å². The number of nitrogens with one attached hydrogen (secondary N) is 2. The molecule has 1 amide bonds. The summed E-state index contributed by atoms with van der Waals surface area (Å²) in [7, 11) is -3.93. The normalized spacial score (nSPS) is 11.1. The van der Waals surface area contributed by atoms with Gasteiger partial charge < -0.3 is 0 Å². The van der Waals surface area contributed by atoms with Gasteiger partial charge in [0, 0.05) is 6.54 Å². The Morgan fingerprint density at radius 3 is 2.07 bits per heavy atom. The van der Waals surface area contributed by atoms with Crippen LogP contribution >= 0.6 is 0 Å². The summed E-state index contributed by atoms with van der Waals surface area (Å²) in [6.45, 7) is 0.0759. The fourth-order valence-corrected chi connectivity index (χ4v) is 3.87. The van der Waals surface area contributed by atoms with Gasteiger partial charge in [0.1, 0.15) is 0 Å². The van der Waals surface area contributed by atoms with Crippen LogP contribution in [-0.2, 0) is 16.6 Å². The first kappa shape index (κ1) is 18.8. The molecule has 0 atom stereocenters. The fourth-order valence-electron chi connectivity index (χ4n) is 2.65. The Morgan fingerprint density at radius 1 is 0.815 bits per heavy atom. The molecular formula is C20H18N2O4S. The van der Waals surface area contributed by atoms with Crippen molar-refractivity contribution in [3.05, 3.63) is 90.0 Å². The quantitative estimate of drug-likeness (QED) is 0.451. The summed E-state index contributed by atoms with van der Waals surface area (Å²) in [6, 6.07) is 23.1. The Hall–Kier alpha value is -3.00. The monoisotopic (exact) mass is 382 g/mol. The first-order valence-electron chi connectivity index (χ1n) is 8.19. The number of hydrogen-bond acceptors (Lipinski definition) is 4. The number of carbonyl (C=O) groups excluding carboxylic acids is 1. The van der Waals surface area contributed by atoms with E-state index < -0.39 is 15.9 Å². The van der Waals surface area contributed by atoms with Crippen molar-refractivity contribution in [3.8, 4) is 11.1 Å². The highest BCUT2D eigenvalue weighted by molar-refractivity contribution is 7.89. The van der Waals surface area contributed by atoms with Crippen molar-refractivity contribution >= 4 is 15.9 Å². The van der Waals surface area contributed by atoms with Crippen LogP contribution < -0.4 is 10.2 Å². The van der Waals surface area contributed by atoms with Gasteiger partial charge in [-0.05, 0) is 28.8 Å². The predicted octanol–water partition coefficient (Wildman–Crippen LogP) is 2.95. The zero-order valence-electron chi connectivity index (χ0n) is 14.3. The van der Waals surface area contributed by atoms with Gasteiger partial charge in [-0.3, -0.25) is 10.0 Å². The first-order chi connectivity index (χ1) is 13.0. The van der Waals surface area contributed by atoms with Crippen molar-refractivity contribution < 1.29 is 18.4 Å². The summed E-state index contributed by atoms with van der Waals surface area (Å²) in [5, 5.41) is 8.79. The van der Waals surface area contributed by atoms with E-state index in [2.05, 4.69) is 4.72 Å². The van der Waals surface area contributed by atoms with Crippen LogP contribution in [-0.4, -0.2) is 19.5 Å². The van der Waals surface area contributed by atoms with Gasteiger partial charge in [0.15, 0.2) is 0 Å². The Bertz CT molecular complexity index is 1030. The van der Waals surface area contributed by atoms with Crippen LogP contribution in [0, 0.1) is 0 Å². The molecule has 0 heterocycles. The van der Waals surface area contributed by atoms with Gasteiger partial charge in [-0.15, -0.1) is 0 Å². The van der Waals surface area contributed by atoms with Crippen LogP contribution in [0.15, 0.2) is 83.8 Å². The van der Waals surface area contributed by atoms with E-state index >= 15 is 0 Å². The molecule has 0 aromatic heterocycles. The molecule has 3 rings (SSSR count). The van der Waals surface area contributed by atoms with Gasteiger partial charge in [-0.2, -0.15) is 0 Å². The molecule has 138 valence electrons. The Labute approximate surface area is 157 Å². The lowest BCUT2D eigenvalue weighted by molar-refractivity contribution is 0.0702. The van der Waals surface area contributed by atoms with E-state index in [-0.39, 0.29) is 17.0 Å². The Morgan fingerprint density at radius 2 is 1.41 bits per heavy atom. The molecule has 3 aromatic carbocycles. The number of hydrogen-bond donors (Lipinski definition) is 3. The molecule has 0 spiro atoms. The maximum atomic E-state index is 12.6. The molecule has 0 saturated carbocycles. The summed E-state index contributed by atoms with van der Waals surface area (Å²) < 4.78 is 27.6. The van der Waals surface area contributed by atoms with Crippen molar-refractivity contribution in [2.45, 2.75) is 11.4 Å². The maximum absolute atomic E-state index is 12.6. The minimum absolute atomic E-state index is 0.0759. The van der Waals surface area contributed by atoms with Crippen LogP contribution in [0.3, 0.4) is 0 Å². The van der Waals surface area contributed by atoms with Crippen LogP contribution in [0.5, 0.6) is 0 Å². The third-order valence-corrected chi connectivity index (χ3v) is 5.51. The number of sulfonamides is 1. The Balaban J connectivity index is 1.76. The average molecular weight is 382 g/mol. The summed E-state index contributed by atoms with van der Waals surface area (Å²) in [5.74, 6) is -0.886. The van der Waals surface area contributed by atoms with Gasteiger partial charge in [0.2, 0.25) is 10.0 Å². The second-order valence-corrected chi connectivity index (χ2v) is 7.56. The van der Waals surface area contributed by atoms with Crippen molar-refractivity contribution in [1.82, 2.24) is 10.2 Å². The van der Waals surface area contributed by atoms with Gasteiger partial charge in [-0.25, -0.2) is 18.6 Å². The van der Waals surface area contributed by atoms with E-state index in [1.54, 1.807) is 0 Å². The number of benzene rings is 3. The van der Waals surface area contributed by atoms with Crippen molar-refractivity contribution in [2.75, 3.05) is 0 Å². The van der Waals surface area contributed by atoms with Gasteiger partial charge in [-0.1, -0.05) is 66.7 Å². The number of hydroxylamine groups is 1. The molecule has 0 aliphatic heterocycles. The van der Waals surface area contributed by atoms with E-state index in [0.29, 0.717) is 0 Å². The minimum Gasteiger partial charge on any atom is -0.288 e. The fraction of sp³-hybridized carbons (Fsp3) is 0.0500. The molecule has 27 heavy (non-hydrogen) atoms. The molecule has 0 bridgehead atoms. The molecule has 0 aliphatic carbocycles. The van der Waals surface area contributed by atoms with Crippen LogP contribution in [0.2, 0.25) is 0 Å². The average Bonchev–Trinajstić information content (AvgIpc) is 2.73. The van der Waals surface area contributed by atoms with Crippen molar-refractivity contribution in [2.24, 2.45) is 0 Å². The first-order valence-corrected chi connectivity index (χ1v) is 9.67. The maximum Gasteiger partial charge on any atom is 0.276 e. The van der Waals surface area contributed by atoms with E-state index in [0.717, 1.165) is 16.7 Å². The summed E-state index contributed by atoms with van der Waals surface area (Å²) >= 11 is 0. The Kier molecular flexibility index (Phi) is 5.66. The van der Waals surface area contributed by atoms with Crippen LogP contribution in [0.25, 0.3) is 11.1 Å². The molecule has 6 nitrogen and oxygen atoms in total. The molecule has 0 aliphatic rings. The van der Waals surface area contributed by atoms with E-state index in [1.165, 1.54) is 29.7 Å². The lowest BCUT2D eigenvalue weighted by Gasteiger charge is -2.11. The molecule has 0 radical (unpaired) electrons. The number of carbonyl (C=O) groups is 1. The molecule has 0 fully saturated rings. The second kappa shape index (κ2) is 8.13. The number of amides is 1. The molecule has 3 N–H and O–H groups in total. The topological polar surface area (TPSA) is 95.5 Å². The highest BCUT2D eigenvalue weighted by Crippen LogP contribution is 2.20. The highest BCUT2D eigenvalue weighted by Gasteiger charge is 2.21. The SMILES string of the molecule is O=C(NO)c1ccccc1S(=O)(=O)NCc1ccc(-c2ccccc2)cc1. The smallest absolute Gasteiger partial charge is 0.276 e. The predicted molar refractivity (Wildman–Crippen MR) is 102 cm³/mol. The molecule has 0 unspecified atom stereocenters. The van der Waals surface area contributed by atoms with Crippen LogP contribution in [0.1, 0.15) is 15.9 Å². The zero-order valence-corrected chi connectivity index (χ0v) is 15.1. The largest absolute Gasteiger partial charge is 0.288 e. The van der Waals surface area contributed by atoms with E-state index in [4.69, 9.17) is 5.21 Å². The van der Waals surface area contributed by atoms with Gasteiger partial charge in [0.25, 0.3) is 5.91 Å². The third kappa shape index (κ3) is 4.40. The molecule has 0 saturated heterocycles. The zero-order chi connectivity index (χ0) is 19.3. The lowest BCUT2D eigenvalue weighted by Crippen LogP contribution is -2.27. The molecular weight excluding hydrogens is 364 g/mol. The lowest BCUT2D eigenvalue weighted by atomic mass is 10.0.